The average molecular weight is 471 g/mol. The Balaban J connectivity index is 1.80. The number of carbonyl (C=O) groups excluding carboxylic acids is 3. The van der Waals surface area contributed by atoms with Gasteiger partial charge < -0.3 is 15.2 Å². The molecule has 0 radical (unpaired) electrons. The van der Waals surface area contributed by atoms with E-state index in [1.165, 1.54) is 12.1 Å². The van der Waals surface area contributed by atoms with Crippen molar-refractivity contribution >= 4 is 46.3 Å². The van der Waals surface area contributed by atoms with Gasteiger partial charge in [-0.1, -0.05) is 6.07 Å². The maximum atomic E-state index is 12.7. The van der Waals surface area contributed by atoms with Gasteiger partial charge in [0.05, 0.1) is 16.4 Å². The summed E-state index contributed by atoms with van der Waals surface area (Å²) in [5, 5.41) is 23.3. The Hall–Kier alpha value is -3.86. The first-order chi connectivity index (χ1) is 15.6. The molecule has 0 saturated carbocycles. The Bertz CT molecular complexity index is 1190. The minimum absolute atomic E-state index is 0.0126. The van der Waals surface area contributed by atoms with Gasteiger partial charge in [-0.2, -0.15) is 0 Å². The summed E-state index contributed by atoms with van der Waals surface area (Å²) in [6, 6.07) is 7.75. The van der Waals surface area contributed by atoms with Gasteiger partial charge in [-0.25, -0.2) is 0 Å². The van der Waals surface area contributed by atoms with Crippen molar-refractivity contribution in [1.82, 2.24) is 4.90 Å². The molecule has 0 spiro atoms. The highest BCUT2D eigenvalue weighted by Crippen LogP contribution is 2.39. The predicted molar refractivity (Wildman–Crippen MR) is 123 cm³/mol. The quantitative estimate of drug-likeness (QED) is 0.351. The van der Waals surface area contributed by atoms with Crippen molar-refractivity contribution in [1.29, 1.82) is 0 Å². The fourth-order valence-electron chi connectivity index (χ4n) is 3.05. The lowest BCUT2D eigenvalue weighted by molar-refractivity contribution is -0.386. The number of hydrogen-bond donors (Lipinski definition) is 2. The van der Waals surface area contributed by atoms with Crippen LogP contribution in [0, 0.1) is 24.0 Å². The van der Waals surface area contributed by atoms with Crippen LogP contribution in [0.3, 0.4) is 0 Å². The van der Waals surface area contributed by atoms with Crippen molar-refractivity contribution in [2.45, 2.75) is 20.8 Å². The Labute approximate surface area is 193 Å². The molecule has 1 saturated heterocycles. The zero-order chi connectivity index (χ0) is 24.3. The van der Waals surface area contributed by atoms with E-state index in [0.717, 1.165) is 22.1 Å². The maximum Gasteiger partial charge on any atom is 0.315 e. The second kappa shape index (κ2) is 9.74. The number of aryl methyl sites for hydroxylation is 2. The molecular weight excluding hydrogens is 450 g/mol. The summed E-state index contributed by atoms with van der Waals surface area (Å²) in [7, 11) is 0. The smallest absolute Gasteiger partial charge is 0.315 e. The SMILES string of the molecule is CCOc1cc(/C=C2\SC(=O)N(CC(=O)Nc3ccc(C)c(C)c3)C2=O)cc([N+](=O)[O-])c1O. The van der Waals surface area contributed by atoms with Gasteiger partial charge in [0, 0.05) is 11.8 Å². The van der Waals surface area contributed by atoms with Crippen LogP contribution in [-0.2, 0) is 9.59 Å². The van der Waals surface area contributed by atoms with Crippen LogP contribution in [0.15, 0.2) is 35.2 Å². The van der Waals surface area contributed by atoms with Crippen molar-refractivity contribution in [2.24, 2.45) is 0 Å². The molecule has 33 heavy (non-hydrogen) atoms. The number of nitro groups is 1. The van der Waals surface area contributed by atoms with Gasteiger partial charge in [0.1, 0.15) is 6.54 Å². The average Bonchev–Trinajstić information content (AvgIpc) is 3.00. The van der Waals surface area contributed by atoms with Crippen LogP contribution in [0.1, 0.15) is 23.6 Å². The van der Waals surface area contributed by atoms with E-state index in [9.17, 15) is 29.6 Å². The van der Waals surface area contributed by atoms with Crippen LogP contribution in [0.25, 0.3) is 6.08 Å². The lowest BCUT2D eigenvalue weighted by Crippen LogP contribution is -2.36. The first-order valence-electron chi connectivity index (χ1n) is 9.87. The first-order valence-corrected chi connectivity index (χ1v) is 10.7. The van der Waals surface area contributed by atoms with Gasteiger partial charge >= 0.3 is 5.69 Å². The van der Waals surface area contributed by atoms with E-state index in [1.54, 1.807) is 19.1 Å². The zero-order valence-electron chi connectivity index (χ0n) is 18.1. The lowest BCUT2D eigenvalue weighted by atomic mass is 10.1. The van der Waals surface area contributed by atoms with Crippen LogP contribution in [0.5, 0.6) is 11.5 Å². The fraction of sp³-hybridized carbons (Fsp3) is 0.227. The number of nitrogens with one attached hydrogen (secondary N) is 1. The van der Waals surface area contributed by atoms with Crippen LogP contribution < -0.4 is 10.1 Å². The number of rotatable bonds is 7. The van der Waals surface area contributed by atoms with E-state index in [2.05, 4.69) is 5.32 Å². The number of hydrogen-bond acceptors (Lipinski definition) is 8. The topological polar surface area (TPSA) is 139 Å². The van der Waals surface area contributed by atoms with Crippen molar-refractivity contribution in [3.63, 3.8) is 0 Å². The summed E-state index contributed by atoms with van der Waals surface area (Å²) in [4.78, 5) is 48.7. The maximum absolute atomic E-state index is 12.7. The second-order valence-electron chi connectivity index (χ2n) is 7.19. The van der Waals surface area contributed by atoms with E-state index in [0.29, 0.717) is 17.4 Å². The van der Waals surface area contributed by atoms with Crippen LogP contribution in [0.2, 0.25) is 0 Å². The van der Waals surface area contributed by atoms with Gasteiger partial charge in [0.2, 0.25) is 11.7 Å². The number of thioether (sulfide) groups is 1. The lowest BCUT2D eigenvalue weighted by Gasteiger charge is -2.13. The molecule has 0 bridgehead atoms. The number of aromatic hydroxyl groups is 1. The van der Waals surface area contributed by atoms with E-state index >= 15 is 0 Å². The van der Waals surface area contributed by atoms with E-state index < -0.39 is 40.0 Å². The highest BCUT2D eigenvalue weighted by molar-refractivity contribution is 8.18. The van der Waals surface area contributed by atoms with Gasteiger partial charge in [-0.15, -0.1) is 0 Å². The minimum atomic E-state index is -0.780. The molecule has 11 heteroatoms. The molecule has 2 aromatic rings. The molecule has 1 fully saturated rings. The third-order valence-electron chi connectivity index (χ3n) is 4.84. The molecule has 3 rings (SSSR count). The number of benzene rings is 2. The third-order valence-corrected chi connectivity index (χ3v) is 5.74. The normalized spacial score (nSPS) is 14.6. The summed E-state index contributed by atoms with van der Waals surface area (Å²) in [5.74, 6) is -1.99. The van der Waals surface area contributed by atoms with Gasteiger partial charge in [-0.05, 0) is 73.5 Å². The van der Waals surface area contributed by atoms with Crippen molar-refractivity contribution in [3.05, 3.63) is 62.0 Å². The molecule has 1 heterocycles. The number of amides is 3. The highest BCUT2D eigenvalue weighted by Gasteiger charge is 2.36. The van der Waals surface area contributed by atoms with Crippen molar-refractivity contribution < 1.29 is 29.2 Å². The van der Waals surface area contributed by atoms with E-state index in [-0.39, 0.29) is 22.8 Å². The number of anilines is 1. The third kappa shape index (κ3) is 5.32. The minimum Gasteiger partial charge on any atom is -0.500 e. The number of nitrogens with zero attached hydrogens (tertiary/aromatic N) is 2. The predicted octanol–water partition coefficient (Wildman–Crippen LogP) is 3.99. The number of nitro benzene ring substituents is 1. The molecule has 172 valence electrons. The number of ether oxygens (including phenoxy) is 1. The molecule has 0 atom stereocenters. The summed E-state index contributed by atoms with van der Waals surface area (Å²) < 4.78 is 5.22. The van der Waals surface area contributed by atoms with E-state index in [1.807, 2.05) is 19.9 Å². The molecule has 10 nitrogen and oxygen atoms in total. The first kappa shape index (κ1) is 23.8. The van der Waals surface area contributed by atoms with Gasteiger partial charge in [-0.3, -0.25) is 29.4 Å². The molecular formula is C22H21N3O7S. The van der Waals surface area contributed by atoms with Gasteiger partial charge in [0.15, 0.2) is 5.75 Å². The summed E-state index contributed by atoms with van der Waals surface area (Å²) in [5.41, 5.74) is 2.18. The zero-order valence-corrected chi connectivity index (χ0v) is 18.9. The Morgan fingerprint density at radius 2 is 1.97 bits per heavy atom. The Kier molecular flexibility index (Phi) is 7.02. The Morgan fingerprint density at radius 3 is 2.61 bits per heavy atom. The van der Waals surface area contributed by atoms with E-state index in [4.69, 9.17) is 4.74 Å². The summed E-state index contributed by atoms with van der Waals surface area (Å²) >= 11 is 0.612. The highest BCUT2D eigenvalue weighted by atomic mass is 32.2. The number of phenols is 1. The molecule has 0 aliphatic carbocycles. The molecule has 3 amide bonds. The van der Waals surface area contributed by atoms with Crippen molar-refractivity contribution in [2.75, 3.05) is 18.5 Å². The summed E-state index contributed by atoms with van der Waals surface area (Å²) in [6.07, 6.45) is 1.28. The molecule has 2 aromatic carbocycles. The monoisotopic (exact) mass is 471 g/mol. The molecule has 1 aliphatic heterocycles. The van der Waals surface area contributed by atoms with Crippen LogP contribution >= 0.6 is 11.8 Å². The number of carbonyl (C=O) groups is 3. The molecule has 1 aliphatic rings. The molecule has 0 aromatic heterocycles. The Morgan fingerprint density at radius 1 is 1.24 bits per heavy atom. The largest absolute Gasteiger partial charge is 0.500 e. The molecule has 2 N–H and O–H groups in total. The van der Waals surface area contributed by atoms with Crippen LogP contribution in [-0.4, -0.2) is 45.1 Å². The fourth-order valence-corrected chi connectivity index (χ4v) is 3.89. The van der Waals surface area contributed by atoms with Crippen molar-refractivity contribution in [3.8, 4) is 11.5 Å². The number of imide groups is 1. The summed E-state index contributed by atoms with van der Waals surface area (Å²) in [6.45, 7) is 5.16. The number of phenolic OH excluding ortho intramolecular Hbond substituents is 1. The molecule has 0 unspecified atom stereocenters. The standard InChI is InChI=1S/C22H21N3O7S/c1-4-32-17-9-14(8-16(20(17)27)25(30)31)10-18-21(28)24(22(29)33-18)11-19(26)23-15-6-5-12(2)13(3)7-15/h5-10,27H,4,11H2,1-3H3,(H,23,26)/b18-10-. The van der Waals surface area contributed by atoms with Gasteiger partial charge in [0.25, 0.3) is 11.1 Å². The van der Waals surface area contributed by atoms with Crippen LogP contribution in [0.4, 0.5) is 16.2 Å². The second-order valence-corrected chi connectivity index (χ2v) is 8.19.